The molecule has 3 nitrogen and oxygen atoms in total. The Balaban J connectivity index is 1.49. The SMILES string of the molecule is CC1(C)O[C@@H]2C3C(CC[C@]4(C)C(=C(Cl)Cl)CCC34)[C@@]3(C)CCC(O[Si](C)(C)C(C)(C)C)CC3[C@H]2O1. The maximum atomic E-state index is 7.01. The second-order valence-electron chi connectivity index (χ2n) is 15.0. The van der Waals surface area contributed by atoms with Crippen molar-refractivity contribution >= 4 is 31.5 Å². The van der Waals surface area contributed by atoms with E-state index in [1.165, 1.54) is 37.7 Å². The molecule has 1 saturated heterocycles. The van der Waals surface area contributed by atoms with Gasteiger partial charge < -0.3 is 13.9 Å². The van der Waals surface area contributed by atoms with Gasteiger partial charge in [-0.15, -0.1) is 0 Å². The van der Waals surface area contributed by atoms with Gasteiger partial charge in [-0.25, -0.2) is 0 Å². The van der Waals surface area contributed by atoms with Gasteiger partial charge in [0.25, 0.3) is 0 Å². The van der Waals surface area contributed by atoms with Crippen molar-refractivity contribution in [2.24, 2.45) is 34.5 Å². The van der Waals surface area contributed by atoms with Crippen molar-refractivity contribution in [1.82, 2.24) is 0 Å². The average Bonchev–Trinajstić information content (AvgIpc) is 3.23. The van der Waals surface area contributed by atoms with E-state index in [1.54, 1.807) is 0 Å². The molecule has 5 fully saturated rings. The number of halogens is 2. The molecular formula is C29H48Cl2O3Si. The smallest absolute Gasteiger partial charge is 0.192 e. The molecule has 0 bridgehead atoms. The summed E-state index contributed by atoms with van der Waals surface area (Å²) in [5, 5.41) is 0.230. The molecule has 200 valence electrons. The number of hydrogen-bond acceptors (Lipinski definition) is 3. The van der Waals surface area contributed by atoms with E-state index in [1.807, 2.05) is 0 Å². The number of rotatable bonds is 2. The summed E-state index contributed by atoms with van der Waals surface area (Å²) in [6.07, 6.45) is 8.75. The van der Waals surface area contributed by atoms with Crippen LogP contribution in [0.1, 0.15) is 93.4 Å². The molecule has 4 aliphatic carbocycles. The molecule has 4 saturated carbocycles. The molecule has 9 atom stereocenters. The van der Waals surface area contributed by atoms with Crippen molar-refractivity contribution < 1.29 is 13.9 Å². The Morgan fingerprint density at radius 1 is 0.914 bits per heavy atom. The summed E-state index contributed by atoms with van der Waals surface area (Å²) in [6.45, 7) is 21.1. The molecule has 0 spiro atoms. The molecule has 35 heavy (non-hydrogen) atoms. The van der Waals surface area contributed by atoms with Crippen LogP contribution in [0.5, 0.6) is 0 Å². The number of ether oxygens (including phenoxy) is 2. The second kappa shape index (κ2) is 8.46. The van der Waals surface area contributed by atoms with Crippen molar-refractivity contribution in [2.45, 2.75) is 136 Å². The minimum atomic E-state index is -1.82. The summed E-state index contributed by atoms with van der Waals surface area (Å²) in [5.74, 6) is 1.67. The van der Waals surface area contributed by atoms with Gasteiger partial charge in [-0.05, 0) is 117 Å². The van der Waals surface area contributed by atoms with Gasteiger partial charge in [0.2, 0.25) is 0 Å². The summed E-state index contributed by atoms with van der Waals surface area (Å²) >= 11 is 12.9. The van der Waals surface area contributed by atoms with E-state index >= 15 is 0 Å². The minimum Gasteiger partial charge on any atom is -0.414 e. The lowest BCUT2D eigenvalue weighted by Crippen LogP contribution is -2.63. The van der Waals surface area contributed by atoms with Gasteiger partial charge in [0, 0.05) is 6.10 Å². The number of hydrogen-bond donors (Lipinski definition) is 0. The quantitative estimate of drug-likeness (QED) is 0.326. The number of allylic oxidation sites excluding steroid dienone is 1. The van der Waals surface area contributed by atoms with Gasteiger partial charge in [0.1, 0.15) is 4.49 Å². The van der Waals surface area contributed by atoms with Crippen LogP contribution < -0.4 is 0 Å². The average molecular weight is 544 g/mol. The molecule has 0 aromatic rings. The largest absolute Gasteiger partial charge is 0.414 e. The van der Waals surface area contributed by atoms with Crippen molar-refractivity contribution in [1.29, 1.82) is 0 Å². The molecule has 6 heteroatoms. The van der Waals surface area contributed by atoms with Crippen LogP contribution in [0, 0.1) is 34.5 Å². The monoisotopic (exact) mass is 542 g/mol. The highest BCUT2D eigenvalue weighted by atomic mass is 35.5. The molecule has 5 aliphatic rings. The molecule has 0 N–H and O–H groups in total. The van der Waals surface area contributed by atoms with E-state index in [2.05, 4.69) is 61.6 Å². The lowest BCUT2D eigenvalue weighted by molar-refractivity contribution is -0.181. The topological polar surface area (TPSA) is 27.7 Å². The zero-order chi connectivity index (χ0) is 25.8. The molecule has 1 heterocycles. The van der Waals surface area contributed by atoms with Crippen LogP contribution >= 0.6 is 23.2 Å². The second-order valence-corrected chi connectivity index (χ2v) is 20.7. The fourth-order valence-corrected chi connectivity index (χ4v) is 11.0. The third kappa shape index (κ3) is 4.14. The summed E-state index contributed by atoms with van der Waals surface area (Å²) < 4.78 is 21.1. The third-order valence-electron chi connectivity index (χ3n) is 11.8. The predicted molar refractivity (Wildman–Crippen MR) is 147 cm³/mol. The lowest BCUT2D eigenvalue weighted by Gasteiger charge is -2.63. The fourth-order valence-electron chi connectivity index (χ4n) is 8.97. The van der Waals surface area contributed by atoms with Gasteiger partial charge in [0.15, 0.2) is 14.1 Å². The van der Waals surface area contributed by atoms with Gasteiger partial charge in [-0.2, -0.15) is 0 Å². The fraction of sp³-hybridized carbons (Fsp3) is 0.931. The Bertz CT molecular complexity index is 891. The first-order chi connectivity index (χ1) is 16.0. The maximum Gasteiger partial charge on any atom is 0.192 e. The zero-order valence-corrected chi connectivity index (χ0v) is 26.0. The van der Waals surface area contributed by atoms with Crippen LogP contribution in [0.2, 0.25) is 18.1 Å². The highest BCUT2D eigenvalue weighted by molar-refractivity contribution is 6.74. The van der Waals surface area contributed by atoms with Crippen molar-refractivity contribution in [2.75, 3.05) is 0 Å². The first-order valence-electron chi connectivity index (χ1n) is 14.1. The van der Waals surface area contributed by atoms with Crippen LogP contribution in [0.15, 0.2) is 10.1 Å². The van der Waals surface area contributed by atoms with E-state index in [-0.39, 0.29) is 28.1 Å². The van der Waals surface area contributed by atoms with Crippen LogP contribution in [-0.2, 0) is 13.9 Å². The Kier molecular flexibility index (Phi) is 6.52. The molecular weight excluding hydrogens is 495 g/mol. The summed E-state index contributed by atoms with van der Waals surface area (Å²) in [7, 11) is -1.82. The van der Waals surface area contributed by atoms with Crippen LogP contribution in [0.4, 0.5) is 0 Å². The Morgan fingerprint density at radius 3 is 2.20 bits per heavy atom. The van der Waals surface area contributed by atoms with Gasteiger partial charge >= 0.3 is 0 Å². The van der Waals surface area contributed by atoms with Crippen LogP contribution in [0.25, 0.3) is 0 Å². The lowest BCUT2D eigenvalue weighted by atomic mass is 9.43. The number of fused-ring (bicyclic) bond motifs is 8. The molecule has 0 aromatic carbocycles. The van der Waals surface area contributed by atoms with E-state index in [0.29, 0.717) is 34.3 Å². The molecule has 0 radical (unpaired) electrons. The Hall–Kier alpha value is 0.417. The Morgan fingerprint density at radius 2 is 1.57 bits per heavy atom. The molecule has 1 aliphatic heterocycles. The highest BCUT2D eigenvalue weighted by Gasteiger charge is 2.68. The van der Waals surface area contributed by atoms with Crippen molar-refractivity contribution in [3.05, 3.63) is 10.1 Å². The molecule has 0 amide bonds. The molecule has 5 rings (SSSR count). The predicted octanol–water partition coefficient (Wildman–Crippen LogP) is 8.85. The standard InChI is InChI=1S/C29H48Cl2O3Si/c1-26(2,3)35(8,9)34-17-12-14-29(7)19-13-15-28(6)18(10-11-20(28)25(30)31)22(19)24-23(21(29)16-17)32-27(4,5)33-24/h17-19,21-24H,10-16H2,1-9H3/t17?,18?,19?,21?,22?,23-,24-,28+,29-/m1/s1. The van der Waals surface area contributed by atoms with E-state index in [4.69, 9.17) is 37.1 Å². The van der Waals surface area contributed by atoms with E-state index in [0.717, 1.165) is 12.8 Å². The van der Waals surface area contributed by atoms with E-state index in [9.17, 15) is 0 Å². The van der Waals surface area contributed by atoms with Crippen LogP contribution in [-0.4, -0.2) is 32.4 Å². The molecule has 0 aromatic heterocycles. The molecule has 5 unspecified atom stereocenters. The first kappa shape index (κ1) is 27.0. The highest BCUT2D eigenvalue weighted by Crippen LogP contribution is 2.70. The van der Waals surface area contributed by atoms with Gasteiger partial charge in [-0.1, -0.05) is 57.8 Å². The third-order valence-corrected chi connectivity index (χ3v) is 16.8. The van der Waals surface area contributed by atoms with Gasteiger partial charge in [-0.3, -0.25) is 0 Å². The Labute approximate surface area is 225 Å². The van der Waals surface area contributed by atoms with Crippen molar-refractivity contribution in [3.8, 4) is 0 Å². The van der Waals surface area contributed by atoms with Crippen molar-refractivity contribution in [3.63, 3.8) is 0 Å². The van der Waals surface area contributed by atoms with E-state index < -0.39 is 14.1 Å². The minimum absolute atomic E-state index is 0.0898. The first-order valence-corrected chi connectivity index (χ1v) is 17.7. The van der Waals surface area contributed by atoms with Crippen LogP contribution in [0.3, 0.4) is 0 Å². The maximum absolute atomic E-state index is 7.01. The summed E-state index contributed by atoms with van der Waals surface area (Å²) in [5.41, 5.74) is 1.64. The normalized spacial score (nSPS) is 47.1. The summed E-state index contributed by atoms with van der Waals surface area (Å²) in [4.78, 5) is 0. The zero-order valence-electron chi connectivity index (χ0n) is 23.5. The van der Waals surface area contributed by atoms with Gasteiger partial charge in [0.05, 0.1) is 12.2 Å². The summed E-state index contributed by atoms with van der Waals surface area (Å²) in [6, 6.07) is 0.